The van der Waals surface area contributed by atoms with Crippen molar-refractivity contribution in [3.05, 3.63) is 47.8 Å². The van der Waals surface area contributed by atoms with Crippen LogP contribution in [-0.4, -0.2) is 51.5 Å². The lowest BCUT2D eigenvalue weighted by molar-refractivity contribution is 0.0198. The fraction of sp³-hybridized carbons (Fsp3) is 0.538. The maximum atomic E-state index is 12.2. The molecule has 1 aromatic carbocycles. The summed E-state index contributed by atoms with van der Waals surface area (Å²) in [7, 11) is 1.94. The number of benzene rings is 1. The second-order valence-electron chi connectivity index (χ2n) is 10.3. The highest BCUT2D eigenvalue weighted by Gasteiger charge is 2.40. The van der Waals surface area contributed by atoms with Gasteiger partial charge in [0.1, 0.15) is 5.60 Å². The molecule has 2 aromatic rings. The molecule has 2 atom stereocenters. The molecule has 1 saturated heterocycles. The molecule has 0 bridgehead atoms. The Bertz CT molecular complexity index is 962. The number of likely N-dealkylation sites (tertiary alicyclic amines) is 1. The van der Waals surface area contributed by atoms with E-state index in [9.17, 15) is 4.79 Å². The van der Waals surface area contributed by atoms with Gasteiger partial charge >= 0.3 is 6.09 Å². The Morgan fingerprint density at radius 2 is 1.84 bits per heavy atom. The predicted octanol–water partition coefficient (Wildman–Crippen LogP) is 4.87. The standard InChI is InChI=1S/C26H36N4O2/c1-18(14-19-6-8-20(9-7-19)21-16-27-29(5)17-21)23-15-24(23)28-22-10-12-30(13-11-22)25(31)32-26(2,3)4/h6-9,14,16-17,22-24,28H,10-13,15H2,1-5H3/t23-,24+/m0/s1. The SMILES string of the molecule is CC(=Cc1ccc(-c2cnn(C)c2)cc1)[C@@H]1C[C@H]1NC1CCN(C(=O)OC(C)(C)C)CC1. The average Bonchev–Trinajstić information content (AvgIpc) is 3.37. The lowest BCUT2D eigenvalue weighted by atomic mass is 10.0. The number of hydrogen-bond acceptors (Lipinski definition) is 4. The molecular weight excluding hydrogens is 400 g/mol. The second kappa shape index (κ2) is 9.10. The van der Waals surface area contributed by atoms with E-state index in [0.717, 1.165) is 31.5 Å². The van der Waals surface area contributed by atoms with Gasteiger partial charge < -0.3 is 15.0 Å². The number of hydrogen-bond donors (Lipinski definition) is 1. The number of rotatable bonds is 5. The Hall–Kier alpha value is -2.60. The van der Waals surface area contributed by atoms with E-state index in [4.69, 9.17) is 4.74 Å². The first-order valence-electron chi connectivity index (χ1n) is 11.7. The van der Waals surface area contributed by atoms with Crippen molar-refractivity contribution in [3.8, 4) is 11.1 Å². The van der Waals surface area contributed by atoms with Crippen LogP contribution in [0.5, 0.6) is 0 Å². The molecule has 6 nitrogen and oxygen atoms in total. The molecule has 1 aliphatic carbocycles. The fourth-order valence-corrected chi connectivity index (χ4v) is 4.45. The van der Waals surface area contributed by atoms with Crippen molar-refractivity contribution in [1.82, 2.24) is 20.0 Å². The minimum Gasteiger partial charge on any atom is -0.444 e. The van der Waals surface area contributed by atoms with Crippen molar-refractivity contribution in [1.29, 1.82) is 0 Å². The highest BCUT2D eigenvalue weighted by molar-refractivity contribution is 5.68. The molecule has 6 heteroatoms. The van der Waals surface area contributed by atoms with Gasteiger partial charge in [-0.15, -0.1) is 0 Å². The van der Waals surface area contributed by atoms with Crippen LogP contribution in [0.1, 0.15) is 52.5 Å². The molecule has 1 amide bonds. The van der Waals surface area contributed by atoms with Crippen LogP contribution in [0.25, 0.3) is 17.2 Å². The molecule has 1 aliphatic heterocycles. The normalized spacial score (nSPS) is 22.2. The zero-order valence-electron chi connectivity index (χ0n) is 20.0. The lowest BCUT2D eigenvalue weighted by Gasteiger charge is -2.34. The zero-order chi connectivity index (χ0) is 22.9. The van der Waals surface area contributed by atoms with Gasteiger partial charge in [-0.1, -0.05) is 35.9 Å². The molecule has 1 N–H and O–H groups in total. The number of ether oxygens (including phenoxy) is 1. The molecule has 1 saturated carbocycles. The van der Waals surface area contributed by atoms with E-state index in [1.807, 2.05) is 49.8 Å². The van der Waals surface area contributed by atoms with Crippen molar-refractivity contribution in [3.63, 3.8) is 0 Å². The first-order chi connectivity index (χ1) is 15.2. The maximum Gasteiger partial charge on any atom is 0.410 e. The summed E-state index contributed by atoms with van der Waals surface area (Å²) < 4.78 is 7.33. The van der Waals surface area contributed by atoms with Gasteiger partial charge in [0.25, 0.3) is 0 Å². The molecule has 2 aliphatic rings. The summed E-state index contributed by atoms with van der Waals surface area (Å²) in [6.45, 7) is 9.52. The van der Waals surface area contributed by atoms with Crippen molar-refractivity contribution in [2.24, 2.45) is 13.0 Å². The van der Waals surface area contributed by atoms with E-state index >= 15 is 0 Å². The number of aryl methyl sites for hydroxylation is 1. The fourth-order valence-electron chi connectivity index (χ4n) is 4.45. The molecule has 2 heterocycles. The molecule has 2 fully saturated rings. The minimum absolute atomic E-state index is 0.187. The molecule has 1 aromatic heterocycles. The van der Waals surface area contributed by atoms with Crippen LogP contribution < -0.4 is 5.32 Å². The highest BCUT2D eigenvalue weighted by atomic mass is 16.6. The van der Waals surface area contributed by atoms with Gasteiger partial charge in [-0.05, 0) is 64.0 Å². The maximum absolute atomic E-state index is 12.2. The summed E-state index contributed by atoms with van der Waals surface area (Å²) in [6.07, 6.45) is 9.23. The van der Waals surface area contributed by atoms with Gasteiger partial charge in [0.15, 0.2) is 0 Å². The van der Waals surface area contributed by atoms with Crippen LogP contribution in [-0.2, 0) is 11.8 Å². The van der Waals surface area contributed by atoms with E-state index in [-0.39, 0.29) is 6.09 Å². The number of amides is 1. The van der Waals surface area contributed by atoms with Crippen LogP contribution in [0.4, 0.5) is 4.79 Å². The largest absolute Gasteiger partial charge is 0.444 e. The number of nitrogens with one attached hydrogen (secondary N) is 1. The average molecular weight is 437 g/mol. The Kier molecular flexibility index (Phi) is 6.42. The monoisotopic (exact) mass is 436 g/mol. The second-order valence-corrected chi connectivity index (χ2v) is 10.3. The highest BCUT2D eigenvalue weighted by Crippen LogP contribution is 2.39. The van der Waals surface area contributed by atoms with Crippen molar-refractivity contribution in [2.75, 3.05) is 13.1 Å². The van der Waals surface area contributed by atoms with Gasteiger partial charge in [-0.3, -0.25) is 4.68 Å². The number of nitrogens with zero attached hydrogens (tertiary/aromatic N) is 3. The molecule has 4 rings (SSSR count). The Labute approximate surface area is 191 Å². The number of carbonyl (C=O) groups is 1. The van der Waals surface area contributed by atoms with Crippen molar-refractivity contribution in [2.45, 2.75) is 64.6 Å². The van der Waals surface area contributed by atoms with Crippen molar-refractivity contribution < 1.29 is 9.53 Å². The Morgan fingerprint density at radius 1 is 1.16 bits per heavy atom. The first-order valence-corrected chi connectivity index (χ1v) is 11.7. The Morgan fingerprint density at radius 3 is 2.44 bits per heavy atom. The van der Waals surface area contributed by atoms with Gasteiger partial charge in [0.05, 0.1) is 6.20 Å². The Balaban J connectivity index is 1.24. The van der Waals surface area contributed by atoms with E-state index in [2.05, 4.69) is 47.7 Å². The van der Waals surface area contributed by atoms with E-state index in [0.29, 0.717) is 18.0 Å². The van der Waals surface area contributed by atoms with Gasteiger partial charge in [0.2, 0.25) is 0 Å². The molecule has 0 radical (unpaired) electrons. The first kappa shape index (κ1) is 22.6. The van der Waals surface area contributed by atoms with Crippen molar-refractivity contribution >= 4 is 12.2 Å². The molecule has 0 unspecified atom stereocenters. The lowest BCUT2D eigenvalue weighted by Crippen LogP contribution is -2.47. The van der Waals surface area contributed by atoms with Crippen LogP contribution in [0.2, 0.25) is 0 Å². The van der Waals surface area contributed by atoms with Crippen LogP contribution in [0, 0.1) is 5.92 Å². The van der Waals surface area contributed by atoms with Gasteiger partial charge in [-0.25, -0.2) is 4.79 Å². The van der Waals surface area contributed by atoms with Gasteiger partial charge in [0, 0.05) is 44.0 Å². The number of aromatic nitrogens is 2. The third-order valence-electron chi connectivity index (χ3n) is 6.31. The van der Waals surface area contributed by atoms with E-state index in [1.165, 1.54) is 23.1 Å². The zero-order valence-corrected chi connectivity index (χ0v) is 20.0. The summed E-state index contributed by atoms with van der Waals surface area (Å²) in [6, 6.07) is 9.73. The summed E-state index contributed by atoms with van der Waals surface area (Å²) in [5.74, 6) is 0.608. The molecule has 172 valence electrons. The number of carbonyl (C=O) groups excluding carboxylic acids is 1. The summed E-state index contributed by atoms with van der Waals surface area (Å²) in [4.78, 5) is 14.1. The van der Waals surface area contributed by atoms with E-state index in [1.54, 1.807) is 0 Å². The minimum atomic E-state index is -0.434. The summed E-state index contributed by atoms with van der Waals surface area (Å²) in [5, 5.41) is 8.07. The third-order valence-corrected chi connectivity index (χ3v) is 6.31. The smallest absolute Gasteiger partial charge is 0.410 e. The molecule has 0 spiro atoms. The quantitative estimate of drug-likeness (QED) is 0.727. The summed E-state index contributed by atoms with van der Waals surface area (Å²) in [5.41, 5.74) is 4.57. The molecule has 32 heavy (non-hydrogen) atoms. The molecular formula is C26H36N4O2. The van der Waals surface area contributed by atoms with Crippen LogP contribution in [0.15, 0.2) is 42.2 Å². The van der Waals surface area contributed by atoms with Crippen LogP contribution >= 0.6 is 0 Å². The topological polar surface area (TPSA) is 59.4 Å². The third kappa shape index (κ3) is 5.80. The van der Waals surface area contributed by atoms with Gasteiger partial charge in [-0.2, -0.15) is 5.10 Å². The number of piperidine rings is 1. The predicted molar refractivity (Wildman–Crippen MR) is 128 cm³/mol. The summed E-state index contributed by atoms with van der Waals surface area (Å²) >= 11 is 0. The van der Waals surface area contributed by atoms with Crippen LogP contribution in [0.3, 0.4) is 0 Å². The van der Waals surface area contributed by atoms with E-state index < -0.39 is 5.60 Å².